The third-order valence-electron chi connectivity index (χ3n) is 1.60. The SMILES string of the molecule is FC(F)(F)COCCCC(CBr)CBr. The Bertz CT molecular complexity index is 137. The molecule has 1 nitrogen and oxygen atoms in total. The molecule has 0 heterocycles. The van der Waals surface area contributed by atoms with Crippen LogP contribution in [0.1, 0.15) is 12.8 Å². The summed E-state index contributed by atoms with van der Waals surface area (Å²) in [7, 11) is 0. The van der Waals surface area contributed by atoms with Crippen molar-refractivity contribution in [2.24, 2.45) is 5.92 Å². The van der Waals surface area contributed by atoms with E-state index in [1.807, 2.05) is 0 Å². The number of hydrogen-bond acceptors (Lipinski definition) is 1. The van der Waals surface area contributed by atoms with Crippen molar-refractivity contribution in [3.05, 3.63) is 0 Å². The molecule has 0 aliphatic heterocycles. The Kier molecular flexibility index (Phi) is 8.33. The lowest BCUT2D eigenvalue weighted by Crippen LogP contribution is -2.17. The van der Waals surface area contributed by atoms with Gasteiger partial charge in [0.15, 0.2) is 0 Å². The van der Waals surface area contributed by atoms with Gasteiger partial charge in [0.2, 0.25) is 0 Å². The molecule has 0 aromatic heterocycles. The maximum atomic E-state index is 11.6. The number of ether oxygens (including phenoxy) is 1. The maximum Gasteiger partial charge on any atom is 0.411 e. The van der Waals surface area contributed by atoms with Crippen LogP contribution in [0.5, 0.6) is 0 Å². The van der Waals surface area contributed by atoms with Crippen LogP contribution >= 0.6 is 31.9 Å². The molecule has 14 heavy (non-hydrogen) atoms. The molecular formula is C8H13Br2F3O. The van der Waals surface area contributed by atoms with Gasteiger partial charge in [-0.2, -0.15) is 13.2 Å². The Morgan fingerprint density at radius 3 is 2.14 bits per heavy atom. The lowest BCUT2D eigenvalue weighted by atomic mass is 10.1. The van der Waals surface area contributed by atoms with E-state index in [0.717, 1.165) is 17.1 Å². The Hall–Kier alpha value is 0.710. The average Bonchev–Trinajstić information content (AvgIpc) is 2.09. The summed E-state index contributed by atoms with van der Waals surface area (Å²) in [6.07, 6.45) is -2.67. The van der Waals surface area contributed by atoms with Crippen LogP contribution < -0.4 is 0 Å². The van der Waals surface area contributed by atoms with Crippen LogP contribution in [0.15, 0.2) is 0 Å². The van der Waals surface area contributed by atoms with E-state index in [9.17, 15) is 13.2 Å². The van der Waals surface area contributed by atoms with Crippen molar-refractivity contribution in [2.45, 2.75) is 19.0 Å². The second-order valence-electron chi connectivity index (χ2n) is 2.98. The molecular weight excluding hydrogens is 329 g/mol. The zero-order valence-corrected chi connectivity index (χ0v) is 10.8. The standard InChI is InChI=1S/C8H13Br2F3O/c9-4-7(5-10)2-1-3-14-6-8(11,12)13/h7H,1-6H2. The highest BCUT2D eigenvalue weighted by molar-refractivity contribution is 9.09. The highest BCUT2D eigenvalue weighted by Crippen LogP contribution is 2.16. The van der Waals surface area contributed by atoms with E-state index in [4.69, 9.17) is 0 Å². The normalized spacial score (nSPS) is 12.4. The quantitative estimate of drug-likeness (QED) is 0.506. The molecule has 86 valence electrons. The van der Waals surface area contributed by atoms with Gasteiger partial charge in [-0.1, -0.05) is 31.9 Å². The summed E-state index contributed by atoms with van der Waals surface area (Å²) in [4.78, 5) is 0. The lowest BCUT2D eigenvalue weighted by Gasteiger charge is -2.11. The fourth-order valence-electron chi connectivity index (χ4n) is 0.858. The van der Waals surface area contributed by atoms with Crippen LogP contribution in [0.3, 0.4) is 0 Å². The van der Waals surface area contributed by atoms with Crippen LogP contribution in [-0.4, -0.2) is 30.1 Å². The van der Waals surface area contributed by atoms with Gasteiger partial charge in [-0.05, 0) is 18.8 Å². The number of rotatable bonds is 7. The zero-order valence-electron chi connectivity index (χ0n) is 7.62. The molecule has 0 aromatic rings. The van der Waals surface area contributed by atoms with Gasteiger partial charge in [-0.3, -0.25) is 0 Å². The molecule has 0 rings (SSSR count). The molecule has 0 N–H and O–H groups in total. The first-order valence-electron chi connectivity index (χ1n) is 4.26. The van der Waals surface area contributed by atoms with Gasteiger partial charge in [-0.15, -0.1) is 0 Å². The zero-order chi connectivity index (χ0) is 11.0. The number of hydrogen-bond donors (Lipinski definition) is 0. The highest BCUT2D eigenvalue weighted by atomic mass is 79.9. The molecule has 0 unspecified atom stereocenters. The van der Waals surface area contributed by atoms with Gasteiger partial charge in [0.25, 0.3) is 0 Å². The molecule has 0 fully saturated rings. The summed E-state index contributed by atoms with van der Waals surface area (Å²) < 4.78 is 39.4. The van der Waals surface area contributed by atoms with Gasteiger partial charge in [0.1, 0.15) is 6.61 Å². The summed E-state index contributed by atoms with van der Waals surface area (Å²) in [5, 5.41) is 1.72. The summed E-state index contributed by atoms with van der Waals surface area (Å²) in [5.41, 5.74) is 0. The van der Waals surface area contributed by atoms with Crippen molar-refractivity contribution in [1.29, 1.82) is 0 Å². The minimum atomic E-state index is -4.20. The van der Waals surface area contributed by atoms with Gasteiger partial charge >= 0.3 is 6.18 Å². The van der Waals surface area contributed by atoms with Crippen molar-refractivity contribution < 1.29 is 17.9 Å². The molecule has 6 heteroatoms. The van der Waals surface area contributed by atoms with E-state index in [0.29, 0.717) is 12.3 Å². The van der Waals surface area contributed by atoms with Crippen molar-refractivity contribution in [1.82, 2.24) is 0 Å². The van der Waals surface area contributed by atoms with Crippen LogP contribution in [0.25, 0.3) is 0 Å². The van der Waals surface area contributed by atoms with E-state index >= 15 is 0 Å². The van der Waals surface area contributed by atoms with Crippen LogP contribution in [0.4, 0.5) is 13.2 Å². The maximum absolute atomic E-state index is 11.6. The molecule has 0 atom stereocenters. The molecule has 0 amide bonds. The third kappa shape index (κ3) is 9.27. The topological polar surface area (TPSA) is 9.23 Å². The smallest absolute Gasteiger partial charge is 0.372 e. The van der Waals surface area contributed by atoms with Gasteiger partial charge in [-0.25, -0.2) is 0 Å². The van der Waals surface area contributed by atoms with Gasteiger partial charge < -0.3 is 4.74 Å². The number of halogens is 5. The van der Waals surface area contributed by atoms with Crippen molar-refractivity contribution in [3.8, 4) is 0 Å². The van der Waals surface area contributed by atoms with Crippen molar-refractivity contribution >= 4 is 31.9 Å². The Labute approximate surface area is 98.6 Å². The first-order valence-corrected chi connectivity index (χ1v) is 6.50. The van der Waals surface area contributed by atoms with Crippen molar-refractivity contribution in [2.75, 3.05) is 23.9 Å². The largest absolute Gasteiger partial charge is 0.411 e. The second-order valence-corrected chi connectivity index (χ2v) is 4.28. The van der Waals surface area contributed by atoms with Gasteiger partial charge in [0, 0.05) is 17.3 Å². The molecule has 0 aliphatic rings. The number of alkyl halides is 5. The lowest BCUT2D eigenvalue weighted by molar-refractivity contribution is -0.174. The predicted octanol–water partition coefficient (Wildman–Crippen LogP) is 3.75. The van der Waals surface area contributed by atoms with Crippen LogP contribution in [0, 0.1) is 5.92 Å². The minimum absolute atomic E-state index is 0.177. The first kappa shape index (κ1) is 14.7. The Morgan fingerprint density at radius 1 is 1.14 bits per heavy atom. The van der Waals surface area contributed by atoms with E-state index < -0.39 is 12.8 Å². The van der Waals surface area contributed by atoms with E-state index in [2.05, 4.69) is 36.6 Å². The molecule has 0 bridgehead atoms. The second kappa shape index (κ2) is 7.93. The van der Waals surface area contributed by atoms with Crippen LogP contribution in [0.2, 0.25) is 0 Å². The van der Waals surface area contributed by atoms with Gasteiger partial charge in [0.05, 0.1) is 0 Å². The molecule has 0 saturated carbocycles. The van der Waals surface area contributed by atoms with E-state index in [1.54, 1.807) is 0 Å². The highest BCUT2D eigenvalue weighted by Gasteiger charge is 2.27. The Morgan fingerprint density at radius 2 is 1.71 bits per heavy atom. The molecule has 0 aromatic carbocycles. The summed E-state index contributed by atoms with van der Waals surface area (Å²) >= 11 is 6.65. The average molecular weight is 342 g/mol. The first-order chi connectivity index (χ1) is 6.49. The predicted molar refractivity (Wildman–Crippen MR) is 57.2 cm³/mol. The van der Waals surface area contributed by atoms with E-state index in [1.165, 1.54) is 0 Å². The molecule has 0 radical (unpaired) electrons. The molecule has 0 spiro atoms. The minimum Gasteiger partial charge on any atom is -0.372 e. The molecule has 0 aliphatic carbocycles. The fraction of sp³-hybridized carbons (Fsp3) is 1.00. The monoisotopic (exact) mass is 340 g/mol. The fourth-order valence-corrected chi connectivity index (χ4v) is 2.58. The molecule has 0 saturated heterocycles. The summed E-state index contributed by atoms with van der Waals surface area (Å²) in [6.45, 7) is -0.962. The van der Waals surface area contributed by atoms with Crippen molar-refractivity contribution in [3.63, 3.8) is 0 Å². The summed E-state index contributed by atoms with van der Waals surface area (Å²) in [5.74, 6) is 0.462. The summed E-state index contributed by atoms with van der Waals surface area (Å²) in [6, 6.07) is 0. The Balaban J connectivity index is 3.29. The third-order valence-corrected chi connectivity index (χ3v) is 3.43. The van der Waals surface area contributed by atoms with Crippen LogP contribution in [-0.2, 0) is 4.74 Å². The van der Waals surface area contributed by atoms with E-state index in [-0.39, 0.29) is 6.61 Å².